The van der Waals surface area contributed by atoms with Gasteiger partial charge in [0.15, 0.2) is 0 Å². The largest absolute Gasteiger partial charge is 0.408 e. The van der Waals surface area contributed by atoms with Crippen LogP contribution < -0.4 is 16.6 Å². The van der Waals surface area contributed by atoms with Crippen LogP contribution >= 0.6 is 11.6 Å². The van der Waals surface area contributed by atoms with Gasteiger partial charge >= 0.3 is 6.18 Å². The highest BCUT2D eigenvalue weighted by Crippen LogP contribution is 2.18. The molecule has 1 heterocycles. The summed E-state index contributed by atoms with van der Waals surface area (Å²) in [6.07, 6.45) is -0.0818. The van der Waals surface area contributed by atoms with Crippen LogP contribution in [0.3, 0.4) is 0 Å². The third-order valence-electron chi connectivity index (χ3n) is 2.03. The van der Waals surface area contributed by atoms with E-state index in [4.69, 9.17) is 17.3 Å². The maximum atomic E-state index is 12.2. The average molecular weight is 297 g/mol. The maximum absolute atomic E-state index is 12.2. The SMILES string of the molecule is NC/C=C/CNc1cnn(CC(F)(F)F)c(=O)c1Cl. The number of rotatable bonds is 5. The van der Waals surface area contributed by atoms with Crippen molar-refractivity contribution in [2.24, 2.45) is 5.73 Å². The van der Waals surface area contributed by atoms with Crippen molar-refractivity contribution in [2.75, 3.05) is 18.4 Å². The highest BCUT2D eigenvalue weighted by molar-refractivity contribution is 6.32. The molecule has 1 rings (SSSR count). The summed E-state index contributed by atoms with van der Waals surface area (Å²) in [6, 6.07) is 0. The summed E-state index contributed by atoms with van der Waals surface area (Å²) in [5, 5.41) is 5.83. The van der Waals surface area contributed by atoms with Gasteiger partial charge in [0.2, 0.25) is 0 Å². The van der Waals surface area contributed by atoms with Gasteiger partial charge < -0.3 is 11.1 Å². The van der Waals surface area contributed by atoms with Gasteiger partial charge in [-0.1, -0.05) is 23.8 Å². The summed E-state index contributed by atoms with van der Waals surface area (Å²) in [5.41, 5.74) is 4.41. The van der Waals surface area contributed by atoms with Crippen LogP contribution in [0.25, 0.3) is 0 Å². The summed E-state index contributed by atoms with van der Waals surface area (Å²) in [7, 11) is 0. The van der Waals surface area contributed by atoms with Gasteiger partial charge in [0, 0.05) is 13.1 Å². The number of halogens is 4. The Balaban J connectivity index is 2.86. The third-order valence-corrected chi connectivity index (χ3v) is 2.39. The van der Waals surface area contributed by atoms with Gasteiger partial charge in [-0.15, -0.1) is 0 Å². The summed E-state index contributed by atoms with van der Waals surface area (Å²) < 4.78 is 36.8. The number of alkyl halides is 3. The van der Waals surface area contributed by atoms with E-state index in [0.29, 0.717) is 13.1 Å². The monoisotopic (exact) mass is 296 g/mol. The first kappa shape index (κ1) is 15.5. The molecule has 0 amide bonds. The number of aromatic nitrogens is 2. The normalized spacial score (nSPS) is 12.1. The first-order valence-electron chi connectivity index (χ1n) is 5.26. The van der Waals surface area contributed by atoms with E-state index in [1.54, 1.807) is 12.2 Å². The zero-order valence-corrected chi connectivity index (χ0v) is 10.5. The lowest BCUT2D eigenvalue weighted by Gasteiger charge is -2.10. The van der Waals surface area contributed by atoms with Crippen LogP contribution in [0.4, 0.5) is 18.9 Å². The van der Waals surface area contributed by atoms with E-state index in [0.717, 1.165) is 6.20 Å². The summed E-state index contributed by atoms with van der Waals surface area (Å²) in [6.45, 7) is -0.777. The van der Waals surface area contributed by atoms with E-state index in [9.17, 15) is 18.0 Å². The van der Waals surface area contributed by atoms with Crippen molar-refractivity contribution in [3.05, 3.63) is 33.7 Å². The van der Waals surface area contributed by atoms with Crippen LogP contribution in [0.1, 0.15) is 0 Å². The second-order valence-electron chi connectivity index (χ2n) is 3.54. The topological polar surface area (TPSA) is 72.9 Å². The first-order chi connectivity index (χ1) is 8.85. The Morgan fingerprint density at radius 1 is 1.47 bits per heavy atom. The Morgan fingerprint density at radius 2 is 2.16 bits per heavy atom. The van der Waals surface area contributed by atoms with Gasteiger partial charge in [-0.25, -0.2) is 4.68 Å². The Bertz CT molecular complexity index is 512. The highest BCUT2D eigenvalue weighted by atomic mass is 35.5. The zero-order valence-electron chi connectivity index (χ0n) is 9.75. The fourth-order valence-electron chi connectivity index (χ4n) is 1.22. The molecule has 5 nitrogen and oxygen atoms in total. The van der Waals surface area contributed by atoms with Crippen molar-refractivity contribution < 1.29 is 13.2 Å². The Labute approximate surface area is 111 Å². The number of hydrogen-bond donors (Lipinski definition) is 2. The van der Waals surface area contributed by atoms with Gasteiger partial charge in [-0.2, -0.15) is 18.3 Å². The predicted octanol–water partition coefficient (Wildman–Crippen LogP) is 1.39. The quantitative estimate of drug-likeness (QED) is 0.805. The molecule has 0 atom stereocenters. The van der Waals surface area contributed by atoms with E-state index in [1.807, 2.05) is 0 Å². The van der Waals surface area contributed by atoms with Crippen LogP contribution in [0, 0.1) is 0 Å². The molecule has 0 fully saturated rings. The Hall–Kier alpha value is -1.54. The van der Waals surface area contributed by atoms with Gasteiger partial charge in [0.05, 0.1) is 11.9 Å². The van der Waals surface area contributed by atoms with E-state index in [-0.39, 0.29) is 15.4 Å². The molecular weight excluding hydrogens is 285 g/mol. The first-order valence-corrected chi connectivity index (χ1v) is 5.64. The second-order valence-corrected chi connectivity index (χ2v) is 3.92. The number of nitrogens with one attached hydrogen (secondary N) is 1. The smallest absolute Gasteiger partial charge is 0.379 e. The molecule has 0 aliphatic heterocycles. The Morgan fingerprint density at radius 3 is 2.74 bits per heavy atom. The van der Waals surface area contributed by atoms with E-state index in [1.165, 1.54) is 0 Å². The molecule has 0 radical (unpaired) electrons. The van der Waals surface area contributed by atoms with E-state index >= 15 is 0 Å². The van der Waals surface area contributed by atoms with Gasteiger partial charge in [0.1, 0.15) is 11.6 Å². The molecule has 0 saturated carbocycles. The molecule has 1 aromatic heterocycles. The lowest BCUT2D eigenvalue weighted by Crippen LogP contribution is -2.30. The molecular formula is C10H12ClF3N4O. The number of anilines is 1. The second kappa shape index (κ2) is 6.58. The predicted molar refractivity (Wildman–Crippen MR) is 66.2 cm³/mol. The van der Waals surface area contributed by atoms with Gasteiger partial charge in [-0.05, 0) is 0 Å². The molecule has 3 N–H and O–H groups in total. The molecule has 9 heteroatoms. The summed E-state index contributed by atoms with van der Waals surface area (Å²) in [5.74, 6) is 0. The van der Waals surface area contributed by atoms with Crippen molar-refractivity contribution in [1.29, 1.82) is 0 Å². The van der Waals surface area contributed by atoms with E-state index in [2.05, 4.69) is 10.4 Å². The standard InChI is InChI=1S/C10H12ClF3N4O/c11-8-7(16-4-2-1-3-15)5-17-18(9(8)19)6-10(12,13)14/h1-2,5,16H,3-4,6,15H2/b2-1+. The Kier molecular flexibility index (Phi) is 5.37. The van der Waals surface area contributed by atoms with Gasteiger partial charge in [0.25, 0.3) is 5.56 Å². The minimum atomic E-state index is -4.53. The summed E-state index contributed by atoms with van der Waals surface area (Å²) in [4.78, 5) is 11.5. The van der Waals surface area contributed by atoms with Crippen LogP contribution in [0.15, 0.2) is 23.1 Å². The van der Waals surface area contributed by atoms with Crippen molar-refractivity contribution in [3.8, 4) is 0 Å². The lowest BCUT2D eigenvalue weighted by atomic mass is 10.4. The van der Waals surface area contributed by atoms with Crippen molar-refractivity contribution in [2.45, 2.75) is 12.7 Å². The fraction of sp³-hybridized carbons (Fsp3) is 0.400. The molecule has 0 unspecified atom stereocenters. The molecule has 19 heavy (non-hydrogen) atoms. The highest BCUT2D eigenvalue weighted by Gasteiger charge is 2.29. The van der Waals surface area contributed by atoms with Crippen molar-refractivity contribution in [3.63, 3.8) is 0 Å². The average Bonchev–Trinajstić information content (AvgIpc) is 2.31. The number of nitrogens with two attached hydrogens (primary N) is 1. The fourth-order valence-corrected chi connectivity index (χ4v) is 1.43. The van der Waals surface area contributed by atoms with Crippen LogP contribution in [-0.2, 0) is 6.54 Å². The van der Waals surface area contributed by atoms with E-state index < -0.39 is 18.3 Å². The van der Waals surface area contributed by atoms with Crippen LogP contribution in [0.5, 0.6) is 0 Å². The molecule has 0 aliphatic carbocycles. The zero-order chi connectivity index (χ0) is 14.5. The minimum absolute atomic E-state index is 0.173. The number of hydrogen-bond acceptors (Lipinski definition) is 4. The molecule has 0 saturated heterocycles. The van der Waals surface area contributed by atoms with Crippen LogP contribution in [-0.4, -0.2) is 29.0 Å². The van der Waals surface area contributed by atoms with Crippen molar-refractivity contribution in [1.82, 2.24) is 9.78 Å². The molecule has 0 aromatic carbocycles. The lowest BCUT2D eigenvalue weighted by molar-refractivity contribution is -0.143. The molecule has 0 spiro atoms. The van der Waals surface area contributed by atoms with Gasteiger partial charge in [-0.3, -0.25) is 4.79 Å². The number of nitrogens with zero attached hydrogens (tertiary/aromatic N) is 2. The van der Waals surface area contributed by atoms with Crippen molar-refractivity contribution >= 4 is 17.3 Å². The maximum Gasteiger partial charge on any atom is 0.408 e. The minimum Gasteiger partial charge on any atom is -0.379 e. The van der Waals surface area contributed by atoms with Crippen LogP contribution in [0.2, 0.25) is 5.02 Å². The molecule has 106 valence electrons. The molecule has 1 aromatic rings. The molecule has 0 aliphatic rings. The summed E-state index contributed by atoms with van der Waals surface area (Å²) >= 11 is 5.69. The third kappa shape index (κ3) is 4.92. The molecule has 0 bridgehead atoms.